The van der Waals surface area contributed by atoms with Gasteiger partial charge in [0.1, 0.15) is 0 Å². The van der Waals surface area contributed by atoms with Crippen molar-refractivity contribution in [3.8, 4) is 0 Å². The lowest BCUT2D eigenvalue weighted by molar-refractivity contribution is -0.0248. The minimum Gasteiger partial charge on any atom is -0.399 e. The van der Waals surface area contributed by atoms with Gasteiger partial charge in [-0.1, -0.05) is 26.0 Å². The molecule has 0 aliphatic carbocycles. The summed E-state index contributed by atoms with van der Waals surface area (Å²) in [7, 11) is 0. The van der Waals surface area contributed by atoms with Crippen molar-refractivity contribution in [3.63, 3.8) is 0 Å². The predicted octanol–water partition coefficient (Wildman–Crippen LogP) is 3.41. The molecule has 0 heterocycles. The molecular weight excluding hydrogens is 184 g/mol. The van der Waals surface area contributed by atoms with E-state index in [9.17, 15) is 8.78 Å². The zero-order valence-electron chi connectivity index (χ0n) is 8.43. The maximum absolute atomic E-state index is 13.5. The molecule has 0 saturated carbocycles. The van der Waals surface area contributed by atoms with Crippen LogP contribution in [-0.4, -0.2) is 0 Å². The lowest BCUT2D eigenvalue weighted by Crippen LogP contribution is -2.16. The van der Waals surface area contributed by atoms with Crippen molar-refractivity contribution in [1.82, 2.24) is 0 Å². The minimum absolute atomic E-state index is 0.00574. The summed E-state index contributed by atoms with van der Waals surface area (Å²) < 4.78 is 27.1. The van der Waals surface area contributed by atoms with Crippen LogP contribution in [0.25, 0.3) is 0 Å². The molecule has 0 aliphatic heterocycles. The SMILES string of the molecule is CC(C)CC(F)(F)c1cccc(N)c1. The third kappa shape index (κ3) is 2.69. The van der Waals surface area contributed by atoms with E-state index in [1.165, 1.54) is 12.1 Å². The Morgan fingerprint density at radius 2 is 2.00 bits per heavy atom. The van der Waals surface area contributed by atoms with Crippen molar-refractivity contribution >= 4 is 5.69 Å². The summed E-state index contributed by atoms with van der Waals surface area (Å²) in [6.45, 7) is 3.56. The fourth-order valence-corrected chi connectivity index (χ4v) is 1.40. The monoisotopic (exact) mass is 199 g/mol. The number of halogens is 2. The average Bonchev–Trinajstić information content (AvgIpc) is 2.01. The van der Waals surface area contributed by atoms with E-state index < -0.39 is 5.92 Å². The quantitative estimate of drug-likeness (QED) is 0.742. The van der Waals surface area contributed by atoms with Gasteiger partial charge in [0, 0.05) is 17.7 Å². The number of rotatable bonds is 3. The highest BCUT2D eigenvalue weighted by atomic mass is 19.3. The van der Waals surface area contributed by atoms with E-state index >= 15 is 0 Å². The van der Waals surface area contributed by atoms with Crippen LogP contribution in [0.3, 0.4) is 0 Å². The second-order valence-corrected chi connectivity index (χ2v) is 3.93. The molecule has 78 valence electrons. The first-order valence-electron chi connectivity index (χ1n) is 4.65. The molecule has 1 rings (SSSR count). The molecule has 0 atom stereocenters. The van der Waals surface area contributed by atoms with Crippen LogP contribution in [0, 0.1) is 5.92 Å². The van der Waals surface area contributed by atoms with Crippen LogP contribution >= 0.6 is 0 Å². The van der Waals surface area contributed by atoms with Crippen molar-refractivity contribution < 1.29 is 8.78 Å². The Kier molecular flexibility index (Phi) is 3.09. The van der Waals surface area contributed by atoms with Gasteiger partial charge in [-0.2, -0.15) is 0 Å². The minimum atomic E-state index is -2.77. The van der Waals surface area contributed by atoms with Gasteiger partial charge in [0.2, 0.25) is 0 Å². The first kappa shape index (κ1) is 11.0. The summed E-state index contributed by atoms with van der Waals surface area (Å²) in [6, 6.07) is 5.91. The fourth-order valence-electron chi connectivity index (χ4n) is 1.40. The van der Waals surface area contributed by atoms with Crippen molar-refractivity contribution in [2.24, 2.45) is 5.92 Å². The second-order valence-electron chi connectivity index (χ2n) is 3.93. The molecule has 2 N–H and O–H groups in total. The highest BCUT2D eigenvalue weighted by Gasteiger charge is 2.32. The van der Waals surface area contributed by atoms with Crippen LogP contribution in [-0.2, 0) is 5.92 Å². The summed E-state index contributed by atoms with van der Waals surface area (Å²) in [5, 5.41) is 0. The molecule has 0 spiro atoms. The number of anilines is 1. The van der Waals surface area contributed by atoms with E-state index in [4.69, 9.17) is 5.73 Å². The molecule has 0 bridgehead atoms. The molecule has 0 radical (unpaired) electrons. The third-order valence-electron chi connectivity index (χ3n) is 1.97. The van der Waals surface area contributed by atoms with Gasteiger partial charge in [0.05, 0.1) is 0 Å². The number of alkyl halides is 2. The van der Waals surface area contributed by atoms with Crippen molar-refractivity contribution in [3.05, 3.63) is 29.8 Å². The van der Waals surface area contributed by atoms with E-state index in [1.54, 1.807) is 26.0 Å². The Morgan fingerprint density at radius 1 is 1.36 bits per heavy atom. The van der Waals surface area contributed by atoms with Gasteiger partial charge in [0.15, 0.2) is 0 Å². The number of nitrogen functional groups attached to an aromatic ring is 1. The number of benzene rings is 1. The summed E-state index contributed by atoms with van der Waals surface area (Å²) >= 11 is 0. The van der Waals surface area contributed by atoms with Gasteiger partial charge in [-0.3, -0.25) is 0 Å². The molecular formula is C11H15F2N. The second kappa shape index (κ2) is 3.95. The molecule has 1 aromatic carbocycles. The predicted molar refractivity (Wildman–Crippen MR) is 54.2 cm³/mol. The van der Waals surface area contributed by atoms with Gasteiger partial charge in [-0.25, -0.2) is 8.78 Å². The lowest BCUT2D eigenvalue weighted by Gasteiger charge is -2.19. The van der Waals surface area contributed by atoms with Crippen molar-refractivity contribution in [2.45, 2.75) is 26.2 Å². The van der Waals surface area contributed by atoms with Gasteiger partial charge < -0.3 is 5.73 Å². The molecule has 0 aromatic heterocycles. The maximum Gasteiger partial charge on any atom is 0.273 e. The molecule has 1 aromatic rings. The molecule has 0 unspecified atom stereocenters. The zero-order chi connectivity index (χ0) is 10.8. The highest BCUT2D eigenvalue weighted by molar-refractivity contribution is 5.42. The zero-order valence-corrected chi connectivity index (χ0v) is 8.43. The van der Waals surface area contributed by atoms with Gasteiger partial charge >= 0.3 is 0 Å². The molecule has 0 amide bonds. The molecule has 0 fully saturated rings. The van der Waals surface area contributed by atoms with E-state index in [0.717, 1.165) is 0 Å². The van der Waals surface area contributed by atoms with E-state index in [2.05, 4.69) is 0 Å². The van der Waals surface area contributed by atoms with Crippen LogP contribution < -0.4 is 5.73 Å². The summed E-state index contributed by atoms with van der Waals surface area (Å²) in [5.74, 6) is -2.81. The van der Waals surface area contributed by atoms with E-state index in [-0.39, 0.29) is 17.9 Å². The summed E-state index contributed by atoms with van der Waals surface area (Å²) in [4.78, 5) is 0. The van der Waals surface area contributed by atoms with Crippen molar-refractivity contribution in [2.75, 3.05) is 5.73 Å². The Balaban J connectivity index is 2.91. The fraction of sp³-hybridized carbons (Fsp3) is 0.455. The largest absolute Gasteiger partial charge is 0.399 e. The number of hydrogen-bond acceptors (Lipinski definition) is 1. The Morgan fingerprint density at radius 3 is 2.50 bits per heavy atom. The Hall–Kier alpha value is -1.12. The van der Waals surface area contributed by atoms with E-state index in [1.807, 2.05) is 0 Å². The number of hydrogen-bond donors (Lipinski definition) is 1. The van der Waals surface area contributed by atoms with Crippen LogP contribution in [0.5, 0.6) is 0 Å². The molecule has 0 aliphatic rings. The van der Waals surface area contributed by atoms with Crippen LogP contribution in [0.2, 0.25) is 0 Å². The van der Waals surface area contributed by atoms with Crippen LogP contribution in [0.4, 0.5) is 14.5 Å². The highest BCUT2D eigenvalue weighted by Crippen LogP contribution is 2.35. The first-order chi connectivity index (χ1) is 6.42. The average molecular weight is 199 g/mol. The maximum atomic E-state index is 13.5. The topological polar surface area (TPSA) is 26.0 Å². The van der Waals surface area contributed by atoms with Crippen molar-refractivity contribution in [1.29, 1.82) is 0 Å². The van der Waals surface area contributed by atoms with Gasteiger partial charge in [-0.15, -0.1) is 0 Å². The van der Waals surface area contributed by atoms with Crippen LogP contribution in [0.15, 0.2) is 24.3 Å². The Bertz CT molecular complexity index is 308. The standard InChI is InChI=1S/C11H15F2N/c1-8(2)7-11(12,13)9-4-3-5-10(14)6-9/h3-6,8H,7,14H2,1-2H3. The van der Waals surface area contributed by atoms with Gasteiger partial charge in [-0.05, 0) is 18.1 Å². The first-order valence-corrected chi connectivity index (χ1v) is 4.65. The third-order valence-corrected chi connectivity index (χ3v) is 1.97. The smallest absolute Gasteiger partial charge is 0.273 e. The molecule has 14 heavy (non-hydrogen) atoms. The van der Waals surface area contributed by atoms with E-state index in [0.29, 0.717) is 5.69 Å². The van der Waals surface area contributed by atoms with Gasteiger partial charge in [0.25, 0.3) is 5.92 Å². The number of nitrogens with two attached hydrogens (primary N) is 1. The van der Waals surface area contributed by atoms with Crippen LogP contribution in [0.1, 0.15) is 25.8 Å². The molecule has 3 heteroatoms. The summed E-state index contributed by atoms with van der Waals surface area (Å²) in [6.07, 6.45) is -0.142. The molecule has 1 nitrogen and oxygen atoms in total. The normalized spacial score (nSPS) is 12.1. The molecule has 0 saturated heterocycles. The lowest BCUT2D eigenvalue weighted by atomic mass is 9.98. The summed E-state index contributed by atoms with van der Waals surface area (Å²) in [5.41, 5.74) is 5.84. The Labute approximate surface area is 82.9 Å².